The molecule has 0 aliphatic carbocycles. The Labute approximate surface area is 137 Å². The zero-order valence-corrected chi connectivity index (χ0v) is 13.7. The quantitative estimate of drug-likeness (QED) is 0.863. The van der Waals surface area contributed by atoms with Gasteiger partial charge in [-0.1, -0.05) is 5.16 Å². The molecule has 0 aromatic carbocycles. The van der Waals surface area contributed by atoms with Crippen LogP contribution >= 0.6 is 11.3 Å². The Balaban J connectivity index is 1.41. The summed E-state index contributed by atoms with van der Waals surface area (Å²) in [6.07, 6.45) is 4.11. The summed E-state index contributed by atoms with van der Waals surface area (Å²) in [7, 11) is 1.74. The van der Waals surface area contributed by atoms with Gasteiger partial charge < -0.3 is 19.5 Å². The van der Waals surface area contributed by atoms with Gasteiger partial charge in [-0.25, -0.2) is 9.78 Å². The molecule has 124 valence electrons. The minimum Gasteiger partial charge on any atom is -0.368 e. The van der Waals surface area contributed by atoms with Gasteiger partial charge in [0.15, 0.2) is 5.82 Å². The zero-order valence-electron chi connectivity index (χ0n) is 12.9. The van der Waals surface area contributed by atoms with Gasteiger partial charge in [0.25, 0.3) is 5.89 Å². The molecular weight excluding hydrogens is 318 g/mol. The summed E-state index contributed by atoms with van der Waals surface area (Å²) < 4.78 is 10.7. The molecule has 3 rings (SSSR count). The molecule has 2 aromatic heterocycles. The first-order chi connectivity index (χ1) is 11.2. The summed E-state index contributed by atoms with van der Waals surface area (Å²) in [5, 5.41) is 9.55. The van der Waals surface area contributed by atoms with Gasteiger partial charge in [0.2, 0.25) is 0 Å². The predicted octanol–water partition coefficient (Wildman–Crippen LogP) is 1.76. The second-order valence-electron chi connectivity index (χ2n) is 5.31. The molecule has 0 unspecified atom stereocenters. The van der Waals surface area contributed by atoms with Crippen molar-refractivity contribution in [1.29, 1.82) is 0 Å². The maximum Gasteiger partial charge on any atom is 0.317 e. The fraction of sp³-hybridized carbons (Fsp3) is 0.571. The number of thiazole rings is 1. The summed E-state index contributed by atoms with van der Waals surface area (Å²) in [5.41, 5.74) is 0. The van der Waals surface area contributed by atoms with Crippen LogP contribution in [0.5, 0.6) is 0 Å². The number of rotatable bonds is 6. The highest BCUT2D eigenvalue weighted by molar-refractivity contribution is 7.09. The number of hydrogen-bond acceptors (Lipinski definition) is 7. The van der Waals surface area contributed by atoms with E-state index in [0.29, 0.717) is 31.2 Å². The van der Waals surface area contributed by atoms with E-state index in [9.17, 15) is 4.79 Å². The normalized spacial score (nSPS) is 17.3. The second kappa shape index (κ2) is 7.51. The van der Waals surface area contributed by atoms with Crippen LogP contribution < -0.4 is 5.32 Å². The van der Waals surface area contributed by atoms with Crippen molar-refractivity contribution in [2.75, 3.05) is 20.2 Å². The molecular formula is C14H19N5O3S. The van der Waals surface area contributed by atoms with E-state index in [1.807, 2.05) is 5.38 Å². The van der Waals surface area contributed by atoms with Crippen LogP contribution in [0.2, 0.25) is 0 Å². The Morgan fingerprint density at radius 1 is 1.57 bits per heavy atom. The molecule has 1 aliphatic heterocycles. The molecule has 23 heavy (non-hydrogen) atoms. The van der Waals surface area contributed by atoms with Crippen molar-refractivity contribution in [2.24, 2.45) is 0 Å². The van der Waals surface area contributed by atoms with Gasteiger partial charge in [-0.05, 0) is 12.8 Å². The van der Waals surface area contributed by atoms with E-state index in [0.717, 1.165) is 24.5 Å². The van der Waals surface area contributed by atoms with E-state index in [4.69, 9.17) is 9.26 Å². The Kier molecular flexibility index (Phi) is 5.19. The highest BCUT2D eigenvalue weighted by Crippen LogP contribution is 2.26. The number of aromatic nitrogens is 3. The number of nitrogens with one attached hydrogen (secondary N) is 1. The van der Waals surface area contributed by atoms with Crippen LogP contribution in [0.3, 0.4) is 0 Å². The molecule has 1 fully saturated rings. The average Bonchev–Trinajstić information content (AvgIpc) is 3.29. The number of carbonyl (C=O) groups is 1. The molecule has 2 amide bonds. The smallest absolute Gasteiger partial charge is 0.317 e. The number of urea groups is 1. The minimum absolute atomic E-state index is 0.0738. The lowest BCUT2D eigenvalue weighted by Gasteiger charge is -2.16. The van der Waals surface area contributed by atoms with Crippen molar-refractivity contribution >= 4 is 17.4 Å². The highest BCUT2D eigenvalue weighted by Gasteiger charge is 2.23. The molecule has 1 atom stereocenters. The van der Waals surface area contributed by atoms with E-state index < -0.39 is 0 Å². The first-order valence-corrected chi connectivity index (χ1v) is 8.42. The lowest BCUT2D eigenvalue weighted by molar-refractivity contribution is 0.0835. The highest BCUT2D eigenvalue weighted by atomic mass is 32.1. The molecule has 3 heterocycles. The fourth-order valence-corrected chi connectivity index (χ4v) is 2.96. The molecule has 0 spiro atoms. The maximum absolute atomic E-state index is 12.0. The van der Waals surface area contributed by atoms with Crippen LogP contribution in [0.15, 0.2) is 16.1 Å². The van der Waals surface area contributed by atoms with Gasteiger partial charge in [0, 0.05) is 38.2 Å². The third-order valence-corrected chi connectivity index (χ3v) is 4.28. The van der Waals surface area contributed by atoms with E-state index in [1.165, 1.54) is 11.3 Å². The molecule has 1 N–H and O–H groups in total. The summed E-state index contributed by atoms with van der Waals surface area (Å²) in [4.78, 5) is 22.0. The Morgan fingerprint density at radius 2 is 2.48 bits per heavy atom. The summed E-state index contributed by atoms with van der Waals surface area (Å²) in [6.45, 7) is 1.68. The molecule has 0 radical (unpaired) electrons. The van der Waals surface area contributed by atoms with E-state index in [-0.39, 0.29) is 12.1 Å². The van der Waals surface area contributed by atoms with Gasteiger partial charge >= 0.3 is 6.03 Å². The van der Waals surface area contributed by atoms with Crippen molar-refractivity contribution in [3.05, 3.63) is 28.3 Å². The first kappa shape index (κ1) is 15.9. The minimum atomic E-state index is -0.150. The molecule has 1 aliphatic rings. The van der Waals surface area contributed by atoms with E-state index in [1.54, 1.807) is 18.1 Å². The van der Waals surface area contributed by atoms with Gasteiger partial charge in [0.1, 0.15) is 11.1 Å². The van der Waals surface area contributed by atoms with Crippen LogP contribution in [0.25, 0.3) is 0 Å². The number of amides is 2. The van der Waals surface area contributed by atoms with Gasteiger partial charge in [-0.2, -0.15) is 4.98 Å². The zero-order chi connectivity index (χ0) is 16.1. The monoisotopic (exact) mass is 337 g/mol. The lowest BCUT2D eigenvalue weighted by atomic mass is 10.2. The lowest BCUT2D eigenvalue weighted by Crippen LogP contribution is -2.37. The van der Waals surface area contributed by atoms with Crippen molar-refractivity contribution in [3.8, 4) is 0 Å². The maximum atomic E-state index is 12.0. The third-order valence-electron chi connectivity index (χ3n) is 3.52. The van der Waals surface area contributed by atoms with Gasteiger partial charge in [0.05, 0.1) is 6.54 Å². The van der Waals surface area contributed by atoms with Crippen LogP contribution in [0.1, 0.15) is 35.7 Å². The number of nitrogens with zero attached hydrogens (tertiary/aromatic N) is 4. The number of carbonyl (C=O) groups excluding carboxylic acids is 1. The standard InChI is InChI=1S/C14H19N5O3S/c1-19(9-12-15-6-8-23-12)14(20)16-5-4-11-17-13(22-18-11)10-3-2-7-21-10/h6,8,10H,2-5,7,9H2,1H3,(H,16,20)/t10-/m0/s1. The summed E-state index contributed by atoms with van der Waals surface area (Å²) in [5.74, 6) is 1.11. The average molecular weight is 337 g/mol. The number of ether oxygens (including phenoxy) is 1. The summed E-state index contributed by atoms with van der Waals surface area (Å²) >= 11 is 1.53. The first-order valence-electron chi connectivity index (χ1n) is 7.54. The molecule has 0 saturated carbocycles. The third kappa shape index (κ3) is 4.26. The van der Waals surface area contributed by atoms with Crippen molar-refractivity contribution in [1.82, 2.24) is 25.3 Å². The van der Waals surface area contributed by atoms with Crippen molar-refractivity contribution < 1.29 is 14.1 Å². The second-order valence-corrected chi connectivity index (χ2v) is 6.29. The fourth-order valence-electron chi connectivity index (χ4n) is 2.29. The van der Waals surface area contributed by atoms with Crippen LogP contribution in [-0.4, -0.2) is 46.3 Å². The van der Waals surface area contributed by atoms with E-state index >= 15 is 0 Å². The molecule has 8 nitrogen and oxygen atoms in total. The van der Waals surface area contributed by atoms with Crippen LogP contribution in [0, 0.1) is 0 Å². The molecule has 2 aromatic rings. The predicted molar refractivity (Wildman–Crippen MR) is 82.9 cm³/mol. The largest absolute Gasteiger partial charge is 0.368 e. The Bertz CT molecular complexity index is 624. The molecule has 9 heteroatoms. The Morgan fingerprint density at radius 3 is 3.22 bits per heavy atom. The van der Waals surface area contributed by atoms with Crippen LogP contribution in [0.4, 0.5) is 4.79 Å². The topological polar surface area (TPSA) is 93.4 Å². The van der Waals surface area contributed by atoms with Crippen LogP contribution in [-0.2, 0) is 17.7 Å². The molecule has 1 saturated heterocycles. The van der Waals surface area contributed by atoms with Gasteiger partial charge in [-0.15, -0.1) is 11.3 Å². The molecule has 0 bridgehead atoms. The van der Waals surface area contributed by atoms with Crippen molar-refractivity contribution in [3.63, 3.8) is 0 Å². The number of hydrogen-bond donors (Lipinski definition) is 1. The van der Waals surface area contributed by atoms with Crippen molar-refractivity contribution in [2.45, 2.75) is 31.9 Å². The SMILES string of the molecule is CN(Cc1nccs1)C(=O)NCCc1noc([C@@H]2CCCO2)n1. The Hall–Kier alpha value is -2.00. The summed E-state index contributed by atoms with van der Waals surface area (Å²) in [6, 6.07) is -0.150. The van der Waals surface area contributed by atoms with Gasteiger partial charge in [-0.3, -0.25) is 0 Å². The van der Waals surface area contributed by atoms with E-state index in [2.05, 4.69) is 20.4 Å².